The van der Waals surface area contributed by atoms with Crippen LogP contribution in [-0.4, -0.2) is 42.6 Å². The standard InChI is InChI=1S/C18H42O4Si2/c1-11-19-23(20-12-2,15-17(5,6)7)24(21-13-3,22-14-4)16-18(8,9)10/h11-16H2,1-10H3. The Kier molecular flexibility index (Phi) is 9.94. The molecule has 24 heavy (non-hydrogen) atoms. The molecule has 0 aliphatic rings. The first-order valence-electron chi connectivity index (χ1n) is 9.46. The number of rotatable bonds is 11. The highest BCUT2D eigenvalue weighted by Gasteiger charge is 2.66. The molecule has 146 valence electrons. The zero-order valence-corrected chi connectivity index (χ0v) is 19.9. The Morgan fingerprint density at radius 3 is 0.833 bits per heavy atom. The van der Waals surface area contributed by atoms with Gasteiger partial charge in [0, 0.05) is 26.4 Å². The first-order chi connectivity index (χ1) is 10.9. The largest absolute Gasteiger partial charge is 0.394 e. The van der Waals surface area contributed by atoms with Gasteiger partial charge in [0.05, 0.1) is 0 Å². The molecule has 0 saturated carbocycles. The van der Waals surface area contributed by atoms with Crippen molar-refractivity contribution in [3.05, 3.63) is 0 Å². The molecule has 0 aliphatic heterocycles. The van der Waals surface area contributed by atoms with Crippen LogP contribution in [0.2, 0.25) is 12.1 Å². The highest BCUT2D eigenvalue weighted by Crippen LogP contribution is 2.42. The van der Waals surface area contributed by atoms with E-state index in [1.807, 2.05) is 0 Å². The summed E-state index contributed by atoms with van der Waals surface area (Å²) in [5.41, 5.74) is 0.196. The van der Waals surface area contributed by atoms with Crippen LogP contribution in [0.25, 0.3) is 0 Å². The fourth-order valence-electron chi connectivity index (χ4n) is 3.33. The molecule has 0 fully saturated rings. The van der Waals surface area contributed by atoms with Crippen LogP contribution in [0.15, 0.2) is 0 Å². The van der Waals surface area contributed by atoms with Crippen molar-refractivity contribution < 1.29 is 17.7 Å². The maximum atomic E-state index is 6.49. The maximum Gasteiger partial charge on any atom is 0.385 e. The second kappa shape index (κ2) is 9.83. The topological polar surface area (TPSA) is 36.9 Å². The van der Waals surface area contributed by atoms with Gasteiger partial charge in [-0.15, -0.1) is 0 Å². The van der Waals surface area contributed by atoms with Gasteiger partial charge < -0.3 is 17.7 Å². The predicted molar refractivity (Wildman–Crippen MR) is 107 cm³/mol. The zero-order chi connectivity index (χ0) is 19.1. The Balaban J connectivity index is 6.26. The second-order valence-corrected chi connectivity index (χ2v) is 18.2. The summed E-state index contributed by atoms with van der Waals surface area (Å²) in [7, 11) is -5.34. The SMILES string of the molecule is CCO[Si](CC(C)(C)C)(OCC)[Si](CC(C)(C)C)(OCC)OCC. The zero-order valence-electron chi connectivity index (χ0n) is 17.9. The van der Waals surface area contributed by atoms with Crippen molar-refractivity contribution in [3.63, 3.8) is 0 Å². The summed E-state index contributed by atoms with van der Waals surface area (Å²) in [6.45, 7) is 24.3. The van der Waals surface area contributed by atoms with Gasteiger partial charge in [-0.2, -0.15) is 0 Å². The van der Waals surface area contributed by atoms with E-state index in [0.717, 1.165) is 12.1 Å². The van der Waals surface area contributed by atoms with Crippen LogP contribution in [0.1, 0.15) is 69.2 Å². The lowest BCUT2D eigenvalue weighted by Crippen LogP contribution is -2.72. The molecule has 0 aromatic rings. The van der Waals surface area contributed by atoms with Gasteiger partial charge >= 0.3 is 16.2 Å². The molecule has 0 saturated heterocycles. The summed E-state index contributed by atoms with van der Waals surface area (Å²) in [5, 5.41) is 0. The third-order valence-electron chi connectivity index (χ3n) is 3.62. The van der Waals surface area contributed by atoms with E-state index >= 15 is 0 Å². The highest BCUT2D eigenvalue weighted by molar-refractivity contribution is 7.32. The molecule has 0 amide bonds. The van der Waals surface area contributed by atoms with Crippen molar-refractivity contribution in [2.75, 3.05) is 26.4 Å². The Labute approximate surface area is 152 Å². The molecule has 0 atom stereocenters. The average molecular weight is 379 g/mol. The van der Waals surface area contributed by atoms with E-state index in [9.17, 15) is 0 Å². The van der Waals surface area contributed by atoms with Gasteiger partial charge in [0.25, 0.3) is 0 Å². The van der Waals surface area contributed by atoms with Crippen LogP contribution in [0, 0.1) is 10.8 Å². The fourth-order valence-corrected chi connectivity index (χ4v) is 19.1. The minimum Gasteiger partial charge on any atom is -0.394 e. The Bertz CT molecular complexity index is 302. The van der Waals surface area contributed by atoms with Crippen LogP contribution in [0.3, 0.4) is 0 Å². The minimum absolute atomic E-state index is 0.0981. The highest BCUT2D eigenvalue weighted by atomic mass is 29.3. The van der Waals surface area contributed by atoms with Crippen LogP contribution in [0.4, 0.5) is 0 Å². The van der Waals surface area contributed by atoms with Crippen LogP contribution >= 0.6 is 0 Å². The molecular weight excluding hydrogens is 336 g/mol. The quantitative estimate of drug-likeness (QED) is 0.464. The van der Waals surface area contributed by atoms with E-state index in [1.165, 1.54) is 0 Å². The molecule has 0 unspecified atom stereocenters. The molecular formula is C18H42O4Si2. The Morgan fingerprint density at radius 1 is 0.500 bits per heavy atom. The van der Waals surface area contributed by atoms with Gasteiger partial charge in [0.15, 0.2) is 0 Å². The first kappa shape index (κ1) is 24.3. The van der Waals surface area contributed by atoms with E-state index in [1.54, 1.807) is 0 Å². The second-order valence-electron chi connectivity index (χ2n) is 8.71. The molecule has 0 bridgehead atoms. The molecule has 0 rings (SSSR count). The lowest BCUT2D eigenvalue weighted by molar-refractivity contribution is 0.131. The van der Waals surface area contributed by atoms with Crippen molar-refractivity contribution in [1.29, 1.82) is 0 Å². The molecule has 0 heterocycles. The summed E-state index contributed by atoms with van der Waals surface area (Å²) in [4.78, 5) is 0. The van der Waals surface area contributed by atoms with Crippen LogP contribution in [-0.2, 0) is 17.7 Å². The average Bonchev–Trinajstić information content (AvgIpc) is 2.35. The van der Waals surface area contributed by atoms with E-state index in [4.69, 9.17) is 17.7 Å². The van der Waals surface area contributed by atoms with E-state index < -0.39 is 16.2 Å². The summed E-state index contributed by atoms with van der Waals surface area (Å²) in [6, 6.07) is 1.79. The van der Waals surface area contributed by atoms with Crippen LogP contribution in [0.5, 0.6) is 0 Å². The first-order valence-corrected chi connectivity index (χ1v) is 14.5. The maximum absolute atomic E-state index is 6.49. The number of hydrogen-bond acceptors (Lipinski definition) is 4. The molecule has 0 aliphatic carbocycles. The summed E-state index contributed by atoms with van der Waals surface area (Å²) >= 11 is 0. The smallest absolute Gasteiger partial charge is 0.385 e. The Hall–Kier alpha value is 0.274. The lowest BCUT2D eigenvalue weighted by atomic mass is 10.0. The van der Waals surface area contributed by atoms with Gasteiger partial charge in [-0.1, -0.05) is 41.5 Å². The van der Waals surface area contributed by atoms with E-state index in [-0.39, 0.29) is 10.8 Å². The van der Waals surface area contributed by atoms with Crippen molar-refractivity contribution in [2.45, 2.75) is 81.3 Å². The van der Waals surface area contributed by atoms with Gasteiger partial charge in [-0.05, 0) is 50.6 Å². The monoisotopic (exact) mass is 378 g/mol. The summed E-state index contributed by atoms with van der Waals surface area (Å²) in [6.07, 6.45) is 0. The van der Waals surface area contributed by atoms with Gasteiger partial charge in [0.2, 0.25) is 0 Å². The minimum atomic E-state index is -2.67. The Morgan fingerprint density at radius 2 is 0.708 bits per heavy atom. The normalized spacial score (nSPS) is 14.2. The number of hydrogen-bond donors (Lipinski definition) is 0. The molecule has 0 aromatic carbocycles. The third-order valence-corrected chi connectivity index (χ3v) is 17.1. The van der Waals surface area contributed by atoms with Crippen molar-refractivity contribution in [3.8, 4) is 0 Å². The third kappa shape index (κ3) is 7.26. The van der Waals surface area contributed by atoms with Gasteiger partial charge in [0.1, 0.15) is 0 Å². The predicted octanol–water partition coefficient (Wildman–Crippen LogP) is 5.19. The molecule has 0 aromatic heterocycles. The van der Waals surface area contributed by atoms with Crippen molar-refractivity contribution in [2.24, 2.45) is 10.8 Å². The molecule has 6 heteroatoms. The van der Waals surface area contributed by atoms with Crippen molar-refractivity contribution >= 4 is 16.2 Å². The molecule has 0 N–H and O–H groups in total. The molecule has 0 radical (unpaired) electrons. The van der Waals surface area contributed by atoms with Gasteiger partial charge in [-0.25, -0.2) is 0 Å². The van der Waals surface area contributed by atoms with Gasteiger partial charge in [-0.3, -0.25) is 0 Å². The van der Waals surface area contributed by atoms with Crippen molar-refractivity contribution in [1.82, 2.24) is 0 Å². The summed E-state index contributed by atoms with van der Waals surface area (Å²) < 4.78 is 26.0. The summed E-state index contributed by atoms with van der Waals surface area (Å²) in [5.74, 6) is 0. The van der Waals surface area contributed by atoms with Crippen LogP contribution < -0.4 is 0 Å². The lowest BCUT2D eigenvalue weighted by Gasteiger charge is -2.47. The fraction of sp³-hybridized carbons (Fsp3) is 1.00. The molecule has 4 nitrogen and oxygen atoms in total. The molecule has 0 spiro atoms. The van der Waals surface area contributed by atoms with E-state index in [2.05, 4.69) is 69.2 Å². The van der Waals surface area contributed by atoms with E-state index in [0.29, 0.717) is 26.4 Å².